The maximum Gasteiger partial charge on any atom is 0.333 e. The highest BCUT2D eigenvalue weighted by atomic mass is 19.2. The lowest BCUT2D eigenvalue weighted by Crippen LogP contribution is -2.41. The first-order valence-corrected chi connectivity index (χ1v) is 8.55. The van der Waals surface area contributed by atoms with Crippen LogP contribution < -0.4 is 21.1 Å². The van der Waals surface area contributed by atoms with Gasteiger partial charge in [-0.1, -0.05) is 6.07 Å². The van der Waals surface area contributed by atoms with Crippen molar-refractivity contribution in [3.63, 3.8) is 0 Å². The third kappa shape index (κ3) is 4.85. The Morgan fingerprint density at radius 3 is 2.85 bits per heavy atom. The van der Waals surface area contributed by atoms with Gasteiger partial charge in [0.1, 0.15) is 0 Å². The summed E-state index contributed by atoms with van der Waals surface area (Å²) >= 11 is 0. The Morgan fingerprint density at radius 1 is 1.22 bits per heavy atom. The molecule has 1 saturated heterocycles. The summed E-state index contributed by atoms with van der Waals surface area (Å²) in [4.78, 5) is 13.9. The minimum Gasteiger partial charge on any atom is -0.371 e. The van der Waals surface area contributed by atoms with Gasteiger partial charge < -0.3 is 10.2 Å². The molecule has 2 aromatic rings. The zero-order chi connectivity index (χ0) is 19.2. The molecule has 0 radical (unpaired) electrons. The minimum absolute atomic E-state index is 0.214. The number of urea groups is 1. The predicted octanol–water partition coefficient (Wildman–Crippen LogP) is 2.99. The van der Waals surface area contributed by atoms with Gasteiger partial charge in [0.25, 0.3) is 0 Å². The highest BCUT2D eigenvalue weighted by Crippen LogP contribution is 2.24. The standard InChI is InChI=1S/C19H19F2N5O/c20-17-5-4-16(9-18(17)21)26-7-6-14(12-26)11-23-19(27)25-24-15-3-1-2-13(8-15)10-22/h1-5,8-9,14,24H,6-7,11-12H2,(H2,23,25,27). The average molecular weight is 371 g/mol. The highest BCUT2D eigenvalue weighted by Gasteiger charge is 2.23. The molecule has 27 heavy (non-hydrogen) atoms. The van der Waals surface area contributed by atoms with E-state index in [1.165, 1.54) is 6.07 Å². The Labute approximate surface area is 155 Å². The number of hydrogen-bond acceptors (Lipinski definition) is 4. The number of hydrogen-bond donors (Lipinski definition) is 3. The fourth-order valence-corrected chi connectivity index (χ4v) is 2.99. The van der Waals surface area contributed by atoms with Crippen LogP contribution in [0.25, 0.3) is 0 Å². The SMILES string of the molecule is N#Cc1cccc(NNC(=O)NCC2CCN(c3ccc(F)c(F)c3)C2)c1. The molecule has 3 rings (SSSR count). The van der Waals surface area contributed by atoms with Crippen LogP contribution in [0.1, 0.15) is 12.0 Å². The van der Waals surface area contributed by atoms with Gasteiger partial charge in [0.2, 0.25) is 0 Å². The van der Waals surface area contributed by atoms with E-state index in [1.54, 1.807) is 30.3 Å². The number of amides is 2. The molecule has 2 amide bonds. The number of anilines is 2. The van der Waals surface area contributed by atoms with Gasteiger partial charge >= 0.3 is 6.03 Å². The molecule has 140 valence electrons. The summed E-state index contributed by atoms with van der Waals surface area (Å²) in [5.41, 5.74) is 6.99. The first-order valence-electron chi connectivity index (χ1n) is 8.55. The van der Waals surface area contributed by atoms with Crippen LogP contribution >= 0.6 is 0 Å². The van der Waals surface area contributed by atoms with E-state index >= 15 is 0 Å². The molecule has 1 atom stereocenters. The topological polar surface area (TPSA) is 80.2 Å². The van der Waals surface area contributed by atoms with Crippen molar-refractivity contribution in [1.82, 2.24) is 10.7 Å². The number of nitrogens with zero attached hydrogens (tertiary/aromatic N) is 2. The smallest absolute Gasteiger partial charge is 0.333 e. The van der Waals surface area contributed by atoms with E-state index in [2.05, 4.69) is 16.2 Å². The summed E-state index contributed by atoms with van der Waals surface area (Å²) in [6, 6.07) is 12.2. The van der Waals surface area contributed by atoms with Crippen molar-refractivity contribution in [2.75, 3.05) is 30.0 Å². The Morgan fingerprint density at radius 2 is 2.07 bits per heavy atom. The molecule has 1 unspecified atom stereocenters. The van der Waals surface area contributed by atoms with E-state index < -0.39 is 11.6 Å². The molecule has 6 nitrogen and oxygen atoms in total. The predicted molar refractivity (Wildman–Crippen MR) is 98.0 cm³/mol. The van der Waals surface area contributed by atoms with Gasteiger partial charge in [0.15, 0.2) is 11.6 Å². The van der Waals surface area contributed by atoms with Crippen LogP contribution in [0.3, 0.4) is 0 Å². The van der Waals surface area contributed by atoms with Gasteiger partial charge in [0.05, 0.1) is 17.3 Å². The molecule has 0 saturated carbocycles. The highest BCUT2D eigenvalue weighted by molar-refractivity contribution is 5.75. The lowest BCUT2D eigenvalue weighted by molar-refractivity contribution is 0.241. The maximum atomic E-state index is 13.4. The summed E-state index contributed by atoms with van der Waals surface area (Å²) in [5, 5.41) is 11.6. The number of carbonyl (C=O) groups is 1. The molecule has 1 heterocycles. The number of benzene rings is 2. The van der Waals surface area contributed by atoms with Crippen LogP contribution in [-0.2, 0) is 0 Å². The second kappa shape index (κ2) is 8.36. The Hall–Kier alpha value is -3.34. The fraction of sp³-hybridized carbons (Fsp3) is 0.263. The monoisotopic (exact) mass is 371 g/mol. The van der Waals surface area contributed by atoms with Crippen molar-refractivity contribution >= 4 is 17.4 Å². The first kappa shape index (κ1) is 18.5. The number of rotatable bonds is 5. The second-order valence-electron chi connectivity index (χ2n) is 6.35. The number of nitriles is 1. The van der Waals surface area contributed by atoms with Gasteiger partial charge in [-0.2, -0.15) is 5.26 Å². The quantitative estimate of drug-likeness (QED) is 0.706. The lowest BCUT2D eigenvalue weighted by atomic mass is 10.1. The Kier molecular flexibility index (Phi) is 5.71. The van der Waals surface area contributed by atoms with Crippen LogP contribution in [0.5, 0.6) is 0 Å². The Bertz CT molecular complexity index is 867. The molecule has 1 aliphatic rings. The summed E-state index contributed by atoms with van der Waals surface area (Å²) < 4.78 is 26.4. The molecular weight excluding hydrogens is 352 g/mol. The van der Waals surface area contributed by atoms with Crippen LogP contribution in [0.15, 0.2) is 42.5 Å². The van der Waals surface area contributed by atoms with Crippen molar-refractivity contribution in [3.05, 3.63) is 59.7 Å². The molecule has 1 aliphatic heterocycles. The van der Waals surface area contributed by atoms with Crippen molar-refractivity contribution in [2.45, 2.75) is 6.42 Å². The molecule has 0 aliphatic carbocycles. The lowest BCUT2D eigenvalue weighted by Gasteiger charge is -2.19. The van der Waals surface area contributed by atoms with E-state index in [1.807, 2.05) is 11.0 Å². The number of nitrogens with one attached hydrogen (secondary N) is 3. The van der Waals surface area contributed by atoms with Crippen molar-refractivity contribution in [2.24, 2.45) is 5.92 Å². The first-order chi connectivity index (χ1) is 13.0. The minimum atomic E-state index is -0.861. The third-order valence-electron chi connectivity index (χ3n) is 4.42. The normalized spacial score (nSPS) is 15.9. The fourth-order valence-electron chi connectivity index (χ4n) is 2.99. The summed E-state index contributed by atoms with van der Waals surface area (Å²) in [7, 11) is 0. The largest absolute Gasteiger partial charge is 0.371 e. The van der Waals surface area contributed by atoms with Crippen LogP contribution in [0, 0.1) is 28.9 Å². The molecule has 3 N–H and O–H groups in total. The number of carbonyl (C=O) groups excluding carboxylic acids is 1. The molecule has 0 aromatic heterocycles. The van der Waals surface area contributed by atoms with Crippen molar-refractivity contribution in [3.8, 4) is 6.07 Å². The maximum absolute atomic E-state index is 13.4. The zero-order valence-electron chi connectivity index (χ0n) is 14.5. The molecule has 8 heteroatoms. The molecule has 1 fully saturated rings. The average Bonchev–Trinajstić information content (AvgIpc) is 3.16. The van der Waals surface area contributed by atoms with E-state index in [0.717, 1.165) is 19.0 Å². The van der Waals surface area contributed by atoms with E-state index in [0.29, 0.717) is 30.0 Å². The van der Waals surface area contributed by atoms with Gasteiger partial charge in [-0.05, 0) is 42.7 Å². The third-order valence-corrected chi connectivity index (χ3v) is 4.42. The van der Waals surface area contributed by atoms with Crippen molar-refractivity contribution < 1.29 is 13.6 Å². The summed E-state index contributed by atoms with van der Waals surface area (Å²) in [5.74, 6) is -1.51. The summed E-state index contributed by atoms with van der Waals surface area (Å²) in [6.07, 6.45) is 0.844. The van der Waals surface area contributed by atoms with Crippen LogP contribution in [-0.4, -0.2) is 25.7 Å². The molecule has 2 aromatic carbocycles. The molecule has 0 bridgehead atoms. The summed E-state index contributed by atoms with van der Waals surface area (Å²) in [6.45, 7) is 1.84. The number of hydrazine groups is 1. The zero-order valence-corrected chi connectivity index (χ0v) is 14.5. The van der Waals surface area contributed by atoms with Crippen molar-refractivity contribution in [1.29, 1.82) is 5.26 Å². The second-order valence-corrected chi connectivity index (χ2v) is 6.35. The molecule has 0 spiro atoms. The van der Waals surface area contributed by atoms with Crippen LogP contribution in [0.2, 0.25) is 0 Å². The van der Waals surface area contributed by atoms with E-state index in [9.17, 15) is 13.6 Å². The van der Waals surface area contributed by atoms with Gasteiger partial charge in [-0.25, -0.2) is 13.6 Å². The van der Waals surface area contributed by atoms with Gasteiger partial charge in [0, 0.05) is 31.4 Å². The van der Waals surface area contributed by atoms with Crippen LogP contribution in [0.4, 0.5) is 25.0 Å². The number of halogens is 2. The Balaban J connectivity index is 1.43. The van der Waals surface area contributed by atoms with Gasteiger partial charge in [-0.15, -0.1) is 0 Å². The van der Waals surface area contributed by atoms with E-state index in [-0.39, 0.29) is 11.9 Å². The van der Waals surface area contributed by atoms with E-state index in [4.69, 9.17) is 5.26 Å². The molecular formula is C19H19F2N5O. The van der Waals surface area contributed by atoms with Gasteiger partial charge in [-0.3, -0.25) is 10.9 Å².